The van der Waals surface area contributed by atoms with Crippen molar-refractivity contribution in [3.8, 4) is 0 Å². The van der Waals surface area contributed by atoms with E-state index >= 15 is 0 Å². The highest BCUT2D eigenvalue weighted by atomic mass is 16.5. The molecule has 0 fully saturated rings. The highest BCUT2D eigenvalue weighted by Crippen LogP contribution is 2.17. The van der Waals surface area contributed by atoms with Gasteiger partial charge in [0.15, 0.2) is 0 Å². The van der Waals surface area contributed by atoms with Crippen molar-refractivity contribution >= 4 is 5.97 Å². The first-order chi connectivity index (χ1) is 5.60. The topological polar surface area (TPSA) is 30.7 Å². The van der Waals surface area contributed by atoms with Crippen LogP contribution in [0, 0.1) is 6.57 Å². The maximum atomic E-state index is 11.2. The largest absolute Gasteiger partial charge is 0.460 e. The third-order valence-electron chi connectivity index (χ3n) is 1.50. The molecule has 1 atom stereocenters. The van der Waals surface area contributed by atoms with Crippen LogP contribution in [0.1, 0.15) is 20.3 Å². The Morgan fingerprint density at radius 3 is 2.75 bits per heavy atom. The van der Waals surface area contributed by atoms with Gasteiger partial charge in [0.2, 0.25) is 0 Å². The van der Waals surface area contributed by atoms with E-state index in [-0.39, 0.29) is 0 Å². The van der Waals surface area contributed by atoms with Gasteiger partial charge in [0.05, 0.1) is 13.0 Å². The molecule has 0 aliphatic carbocycles. The van der Waals surface area contributed by atoms with E-state index in [1.165, 1.54) is 0 Å². The molecule has 0 bridgehead atoms. The lowest BCUT2D eigenvalue weighted by Gasteiger charge is -2.12. The highest BCUT2D eigenvalue weighted by Gasteiger charge is 2.40. The van der Waals surface area contributed by atoms with Crippen LogP contribution in [-0.4, -0.2) is 18.1 Å². The second kappa shape index (κ2) is 4.55. The molecule has 0 amide bonds. The standard InChI is InChI=1S/C9H13NO2/c1-5-7-9(3,10-4)8(11)12-6-2/h5H,1,6-7H2,2-3H3. The molecule has 0 radical (unpaired) electrons. The van der Waals surface area contributed by atoms with Crippen LogP contribution >= 0.6 is 0 Å². The molecule has 0 rings (SSSR count). The van der Waals surface area contributed by atoms with Gasteiger partial charge in [-0.3, -0.25) is 4.85 Å². The van der Waals surface area contributed by atoms with Gasteiger partial charge in [-0.15, -0.1) is 6.58 Å². The number of rotatable bonds is 4. The Kier molecular flexibility index (Phi) is 4.06. The summed E-state index contributed by atoms with van der Waals surface area (Å²) in [5, 5.41) is 0. The fraction of sp³-hybridized carbons (Fsp3) is 0.556. The Balaban J connectivity index is 4.42. The summed E-state index contributed by atoms with van der Waals surface area (Å²) >= 11 is 0. The van der Waals surface area contributed by atoms with Gasteiger partial charge in [-0.05, 0) is 6.92 Å². The molecule has 3 heteroatoms. The van der Waals surface area contributed by atoms with Crippen molar-refractivity contribution in [1.82, 2.24) is 0 Å². The molecule has 66 valence electrons. The number of hydrogen-bond donors (Lipinski definition) is 0. The molecule has 1 unspecified atom stereocenters. The first-order valence-corrected chi connectivity index (χ1v) is 3.77. The van der Waals surface area contributed by atoms with Crippen molar-refractivity contribution in [2.75, 3.05) is 6.61 Å². The van der Waals surface area contributed by atoms with Gasteiger partial charge in [-0.25, -0.2) is 11.4 Å². The summed E-state index contributed by atoms with van der Waals surface area (Å²) in [6, 6.07) is 0. The fourth-order valence-corrected chi connectivity index (χ4v) is 0.742. The SMILES string of the molecule is [C-]#[N+]C(C)(CC=C)C(=O)OCC. The molecule has 0 aromatic carbocycles. The van der Waals surface area contributed by atoms with Gasteiger partial charge >= 0.3 is 11.5 Å². The number of nitrogens with zero attached hydrogens (tertiary/aromatic N) is 1. The van der Waals surface area contributed by atoms with E-state index in [4.69, 9.17) is 11.3 Å². The van der Waals surface area contributed by atoms with Gasteiger partial charge in [-0.1, -0.05) is 6.08 Å². The number of carbonyl (C=O) groups excluding carboxylic acids is 1. The van der Waals surface area contributed by atoms with Crippen molar-refractivity contribution in [1.29, 1.82) is 0 Å². The maximum Gasteiger partial charge on any atom is 0.393 e. The van der Waals surface area contributed by atoms with Crippen LogP contribution in [-0.2, 0) is 9.53 Å². The van der Waals surface area contributed by atoms with Crippen LogP contribution in [0.5, 0.6) is 0 Å². The number of hydrogen-bond acceptors (Lipinski definition) is 2. The zero-order valence-corrected chi connectivity index (χ0v) is 7.46. The molecule has 0 saturated heterocycles. The number of ether oxygens (including phenoxy) is 1. The molecule has 0 N–H and O–H groups in total. The molecular formula is C9H13NO2. The molecule has 0 aromatic heterocycles. The first-order valence-electron chi connectivity index (χ1n) is 3.77. The first kappa shape index (κ1) is 10.7. The summed E-state index contributed by atoms with van der Waals surface area (Å²) in [4.78, 5) is 14.4. The summed E-state index contributed by atoms with van der Waals surface area (Å²) < 4.78 is 4.75. The monoisotopic (exact) mass is 167 g/mol. The normalized spacial score (nSPS) is 14.1. The molecular weight excluding hydrogens is 154 g/mol. The van der Waals surface area contributed by atoms with Gasteiger partial charge in [0.25, 0.3) is 0 Å². The highest BCUT2D eigenvalue weighted by molar-refractivity contribution is 5.82. The van der Waals surface area contributed by atoms with Crippen LogP contribution in [0.3, 0.4) is 0 Å². The van der Waals surface area contributed by atoms with Crippen molar-refractivity contribution in [2.24, 2.45) is 0 Å². The second-order valence-electron chi connectivity index (χ2n) is 2.60. The zero-order valence-electron chi connectivity index (χ0n) is 7.46. The predicted octanol–water partition coefficient (Wildman–Crippen LogP) is 1.80. The summed E-state index contributed by atoms with van der Waals surface area (Å²) in [5.74, 6) is -0.472. The van der Waals surface area contributed by atoms with Crippen molar-refractivity contribution < 1.29 is 9.53 Å². The Morgan fingerprint density at radius 1 is 1.83 bits per heavy atom. The van der Waals surface area contributed by atoms with Gasteiger partial charge in [-0.2, -0.15) is 0 Å². The minimum Gasteiger partial charge on any atom is -0.460 e. The molecule has 0 saturated carbocycles. The lowest BCUT2D eigenvalue weighted by atomic mass is 10.00. The molecule has 0 spiro atoms. The third kappa shape index (κ3) is 2.39. The van der Waals surface area contributed by atoms with Crippen molar-refractivity contribution in [2.45, 2.75) is 25.8 Å². The number of esters is 1. The Labute approximate surface area is 72.8 Å². The Morgan fingerprint density at radius 2 is 2.42 bits per heavy atom. The summed E-state index contributed by atoms with van der Waals surface area (Å²) in [6.45, 7) is 13.9. The Bertz CT molecular complexity index is 217. The second-order valence-corrected chi connectivity index (χ2v) is 2.60. The maximum absolute atomic E-state index is 11.2. The minimum absolute atomic E-state index is 0.307. The van der Waals surface area contributed by atoms with Crippen LogP contribution in [0.25, 0.3) is 4.85 Å². The van der Waals surface area contributed by atoms with E-state index in [1.807, 2.05) is 0 Å². The van der Waals surface area contributed by atoms with Crippen molar-refractivity contribution in [3.05, 3.63) is 24.1 Å². The van der Waals surface area contributed by atoms with Crippen molar-refractivity contribution in [3.63, 3.8) is 0 Å². The van der Waals surface area contributed by atoms with Crippen LogP contribution < -0.4 is 0 Å². The lowest BCUT2D eigenvalue weighted by Crippen LogP contribution is -2.32. The van der Waals surface area contributed by atoms with Crippen LogP contribution in [0.4, 0.5) is 0 Å². The van der Waals surface area contributed by atoms with E-state index < -0.39 is 11.5 Å². The molecule has 12 heavy (non-hydrogen) atoms. The molecule has 3 nitrogen and oxygen atoms in total. The molecule has 0 heterocycles. The lowest BCUT2D eigenvalue weighted by molar-refractivity contribution is -0.147. The summed E-state index contributed by atoms with van der Waals surface area (Å²) in [5.41, 5.74) is -1.09. The summed E-state index contributed by atoms with van der Waals surface area (Å²) in [6.07, 6.45) is 1.88. The quantitative estimate of drug-likeness (QED) is 0.363. The Hall–Kier alpha value is -1.30. The molecule has 0 aromatic rings. The van der Waals surface area contributed by atoms with Crippen LogP contribution in [0.15, 0.2) is 12.7 Å². The van der Waals surface area contributed by atoms with E-state index in [1.54, 1.807) is 19.9 Å². The molecule has 0 aliphatic heterocycles. The van der Waals surface area contributed by atoms with E-state index in [0.29, 0.717) is 13.0 Å². The number of carbonyl (C=O) groups is 1. The summed E-state index contributed by atoms with van der Waals surface area (Å²) in [7, 11) is 0. The average Bonchev–Trinajstić information content (AvgIpc) is 2.05. The zero-order chi connectivity index (χ0) is 9.61. The van der Waals surface area contributed by atoms with E-state index in [9.17, 15) is 4.79 Å². The predicted molar refractivity (Wildman–Crippen MR) is 46.5 cm³/mol. The molecule has 0 aliphatic rings. The third-order valence-corrected chi connectivity index (χ3v) is 1.50. The van der Waals surface area contributed by atoms with Gasteiger partial charge in [0.1, 0.15) is 0 Å². The smallest absolute Gasteiger partial charge is 0.393 e. The average molecular weight is 167 g/mol. The minimum atomic E-state index is -1.09. The van der Waals surface area contributed by atoms with Gasteiger partial charge < -0.3 is 4.74 Å². The fourth-order valence-electron chi connectivity index (χ4n) is 0.742. The van der Waals surface area contributed by atoms with E-state index in [2.05, 4.69) is 11.4 Å². The van der Waals surface area contributed by atoms with Crippen LogP contribution in [0.2, 0.25) is 0 Å². The van der Waals surface area contributed by atoms with Gasteiger partial charge in [0, 0.05) is 6.92 Å². The van der Waals surface area contributed by atoms with E-state index in [0.717, 1.165) is 0 Å².